The highest BCUT2D eigenvalue weighted by Gasteiger charge is 2.86. The molecule has 2 fully saturated rings. The molecule has 8 rings (SSSR count). The zero-order chi connectivity index (χ0) is 43.8. The van der Waals surface area contributed by atoms with Crippen molar-refractivity contribution in [2.75, 3.05) is 37.9 Å². The van der Waals surface area contributed by atoms with Crippen LogP contribution in [0.3, 0.4) is 0 Å². The summed E-state index contributed by atoms with van der Waals surface area (Å²) in [6.45, 7) is 8.80. The molecule has 12 heteroatoms. The van der Waals surface area contributed by atoms with E-state index in [9.17, 15) is 9.90 Å². The highest BCUT2D eigenvalue weighted by molar-refractivity contribution is 6.33. The summed E-state index contributed by atoms with van der Waals surface area (Å²) in [5.41, 5.74) is 7.42. The van der Waals surface area contributed by atoms with Crippen LogP contribution in [0.5, 0.6) is 0 Å². The second-order valence-corrected chi connectivity index (χ2v) is 19.2. The Morgan fingerprint density at radius 3 is 2.68 bits per heavy atom. The van der Waals surface area contributed by atoms with E-state index in [1.165, 1.54) is 11.1 Å². The van der Waals surface area contributed by atoms with E-state index in [0.717, 1.165) is 62.0 Å². The third kappa shape index (κ3) is 8.27. The summed E-state index contributed by atoms with van der Waals surface area (Å²) in [6.07, 6.45) is 16.5. The maximum Gasteiger partial charge on any atom is 0.350 e. The van der Waals surface area contributed by atoms with E-state index >= 15 is 9.59 Å². The number of carbonyl (C=O) groups excluding carboxylic acids is 3. The minimum absolute atomic E-state index is 0.0467. The van der Waals surface area contributed by atoms with Crippen molar-refractivity contribution in [1.29, 1.82) is 0 Å². The number of aryl methyl sites for hydroxylation is 1. The Hall–Kier alpha value is -4.75. The Labute approximate surface area is 365 Å². The predicted molar refractivity (Wildman–Crippen MR) is 240 cm³/mol. The summed E-state index contributed by atoms with van der Waals surface area (Å²) in [5, 5.41) is 21.3. The number of nitrogens with one attached hydrogen (secondary N) is 3. The first-order valence-corrected chi connectivity index (χ1v) is 22.7. The van der Waals surface area contributed by atoms with Crippen LogP contribution in [-0.2, 0) is 40.0 Å². The number of nitrogen functional groups attached to an aromatic ring is 1. The molecular weight excluding hydrogens is 781 g/mol. The molecule has 0 amide bonds. The number of fused-ring (bicyclic) bond motifs is 4. The fraction of sp³-hybridized carbons (Fsp3) is 0.540. The first kappa shape index (κ1) is 43.9. The monoisotopic (exact) mass is 844 g/mol. The molecule has 0 spiro atoms. The lowest BCUT2D eigenvalue weighted by molar-refractivity contribution is -0.150. The van der Waals surface area contributed by atoms with Crippen LogP contribution in [0, 0.1) is 23.2 Å². The van der Waals surface area contributed by atoms with E-state index in [0.29, 0.717) is 54.5 Å². The van der Waals surface area contributed by atoms with Gasteiger partial charge in [-0.25, -0.2) is 14.8 Å². The molecule has 3 aliphatic carbocycles. The van der Waals surface area contributed by atoms with Crippen molar-refractivity contribution in [3.8, 4) is 0 Å². The number of nitrogens with zero attached hydrogens (tertiary/aromatic N) is 2. The van der Waals surface area contributed by atoms with Gasteiger partial charge >= 0.3 is 5.97 Å². The fourth-order valence-electron chi connectivity index (χ4n) is 11.1. The van der Waals surface area contributed by atoms with Crippen LogP contribution < -0.4 is 21.7 Å². The minimum atomic E-state index is -2.17. The van der Waals surface area contributed by atoms with Gasteiger partial charge in [-0.2, -0.15) is 0 Å². The van der Waals surface area contributed by atoms with Gasteiger partial charge in [0, 0.05) is 41.9 Å². The van der Waals surface area contributed by atoms with E-state index in [1.54, 1.807) is 24.4 Å². The first-order chi connectivity index (χ1) is 29.8. The fourth-order valence-corrected chi connectivity index (χ4v) is 11.1. The van der Waals surface area contributed by atoms with Crippen LogP contribution in [0.2, 0.25) is 0 Å². The highest BCUT2D eigenvalue weighted by atomic mass is 16.7. The Bertz CT molecular complexity index is 2250. The number of hydrogen-bond acceptors (Lipinski definition) is 12. The molecular formula is C50H64N6O6. The van der Waals surface area contributed by atoms with Gasteiger partial charge in [0.2, 0.25) is 5.78 Å². The van der Waals surface area contributed by atoms with Crippen molar-refractivity contribution in [1.82, 2.24) is 20.6 Å². The predicted octanol–water partition coefficient (Wildman–Crippen LogP) is 6.51. The van der Waals surface area contributed by atoms with Crippen LogP contribution in [0.1, 0.15) is 116 Å². The number of ether oxygens (including phenoxy) is 2. The van der Waals surface area contributed by atoms with Crippen molar-refractivity contribution in [3.05, 3.63) is 105 Å². The van der Waals surface area contributed by atoms with Crippen LogP contribution in [0.25, 0.3) is 0 Å². The van der Waals surface area contributed by atoms with Crippen LogP contribution in [-0.4, -0.2) is 82.8 Å². The third-order valence-electron chi connectivity index (χ3n) is 14.5. The zero-order valence-corrected chi connectivity index (χ0v) is 37.0. The number of benzene rings is 1. The number of hydrogen-bond donors (Lipinski definition) is 5. The molecule has 5 aliphatic rings. The summed E-state index contributed by atoms with van der Waals surface area (Å²) < 4.78 is 12.7. The number of aliphatic hydroxyl groups excluding tert-OH is 1. The summed E-state index contributed by atoms with van der Waals surface area (Å²) in [6, 6.07) is 11.2. The van der Waals surface area contributed by atoms with Crippen LogP contribution in [0.4, 0.5) is 11.6 Å². The lowest BCUT2D eigenvalue weighted by atomic mass is 9.68. The number of pyridine rings is 2. The van der Waals surface area contributed by atoms with E-state index in [1.807, 2.05) is 38.4 Å². The molecule has 4 heterocycles. The summed E-state index contributed by atoms with van der Waals surface area (Å²) in [7, 11) is 1.93. The summed E-state index contributed by atoms with van der Waals surface area (Å²) in [4.78, 5) is 54.1. The highest BCUT2D eigenvalue weighted by Crippen LogP contribution is 2.60. The molecule has 1 aromatic carbocycles. The molecule has 1 saturated heterocycles. The average Bonchev–Trinajstić information content (AvgIpc) is 3.97. The zero-order valence-electron chi connectivity index (χ0n) is 37.0. The molecule has 1 saturated carbocycles. The minimum Gasteiger partial charge on any atom is -0.463 e. The molecule has 330 valence electrons. The lowest BCUT2D eigenvalue weighted by Gasteiger charge is -2.42. The number of ketones is 2. The Kier molecular flexibility index (Phi) is 12.6. The van der Waals surface area contributed by atoms with Crippen molar-refractivity contribution in [3.63, 3.8) is 0 Å². The number of rotatable bonds is 16. The maximum atomic E-state index is 15.3. The smallest absolute Gasteiger partial charge is 0.350 e. The summed E-state index contributed by atoms with van der Waals surface area (Å²) in [5.74, 6) is 0.556. The molecule has 2 aliphatic heterocycles. The van der Waals surface area contributed by atoms with Gasteiger partial charge in [-0.05, 0) is 142 Å². The number of nitrogens with two attached hydrogens (primary N) is 1. The van der Waals surface area contributed by atoms with Gasteiger partial charge in [0.05, 0.1) is 19.4 Å². The number of allylic oxidation sites excluding steroid dienone is 3. The van der Waals surface area contributed by atoms with Gasteiger partial charge in [0.1, 0.15) is 11.6 Å². The van der Waals surface area contributed by atoms with Crippen molar-refractivity contribution < 1.29 is 29.0 Å². The molecule has 6 N–H and O–H groups in total. The van der Waals surface area contributed by atoms with Crippen molar-refractivity contribution in [2.45, 2.75) is 122 Å². The molecule has 0 radical (unpaired) electrons. The second kappa shape index (κ2) is 17.8. The van der Waals surface area contributed by atoms with E-state index in [-0.39, 0.29) is 54.3 Å². The Morgan fingerprint density at radius 1 is 1.08 bits per heavy atom. The largest absolute Gasteiger partial charge is 0.463 e. The number of Topliss-reactive ketones (excluding diaryl/α,β-unsaturated/α-hetero) is 2. The van der Waals surface area contributed by atoms with Gasteiger partial charge < -0.3 is 36.3 Å². The Balaban J connectivity index is 1.10. The quantitative estimate of drug-likeness (QED) is 0.0458. The van der Waals surface area contributed by atoms with Crippen LogP contribution >= 0.6 is 0 Å². The molecule has 12 nitrogen and oxygen atoms in total. The van der Waals surface area contributed by atoms with Crippen LogP contribution in [0.15, 0.2) is 72.1 Å². The molecule has 0 bridgehead atoms. The van der Waals surface area contributed by atoms with Gasteiger partial charge in [0.15, 0.2) is 11.4 Å². The maximum absolute atomic E-state index is 15.3. The van der Waals surface area contributed by atoms with E-state index in [2.05, 4.69) is 58.8 Å². The number of esters is 1. The lowest BCUT2D eigenvalue weighted by Crippen LogP contribution is -2.52. The van der Waals surface area contributed by atoms with Gasteiger partial charge in [0.25, 0.3) is 5.60 Å². The number of carbonyl (C=O) groups is 3. The van der Waals surface area contributed by atoms with E-state index < -0.39 is 28.7 Å². The SMILES string of the molecule is CCNC1CC2C=CCCC2CC1COC(=O)C12OC1(CC(CO)=C(C)CCc1ccnc3c1CCC(NC)N3)C(=O)c1cccc(CC(C)(C)Cc3ccc(N)nc3)c1C2=O. The molecule has 7 unspecified atom stereocenters. The van der Waals surface area contributed by atoms with Crippen molar-refractivity contribution >= 4 is 29.2 Å². The van der Waals surface area contributed by atoms with Gasteiger partial charge in [-0.15, -0.1) is 0 Å². The normalized spacial score (nSPS) is 27.9. The second-order valence-electron chi connectivity index (χ2n) is 19.2. The molecule has 3 aromatic rings. The van der Waals surface area contributed by atoms with E-state index in [4.69, 9.17) is 15.2 Å². The topological polar surface area (TPSA) is 181 Å². The Morgan fingerprint density at radius 2 is 1.92 bits per heavy atom. The molecule has 7 atom stereocenters. The number of aromatic nitrogens is 2. The third-order valence-corrected chi connectivity index (χ3v) is 14.5. The average molecular weight is 845 g/mol. The summed E-state index contributed by atoms with van der Waals surface area (Å²) >= 11 is 0. The number of anilines is 2. The molecule has 62 heavy (non-hydrogen) atoms. The van der Waals surface area contributed by atoms with Crippen molar-refractivity contribution in [2.24, 2.45) is 23.2 Å². The first-order valence-electron chi connectivity index (χ1n) is 22.7. The van der Waals surface area contributed by atoms with Gasteiger partial charge in [-0.1, -0.05) is 62.8 Å². The van der Waals surface area contributed by atoms with Gasteiger partial charge in [-0.3, -0.25) is 9.59 Å². The number of aliphatic hydroxyl groups is 1. The number of epoxide rings is 1. The standard InChI is InChI=1S/C50H64N6O6/c1-6-53-40-23-34-11-8-7-10-33(34)22-36(40)29-61-47(60)50-45(59)43-35(25-48(3,4)24-31-15-18-41(51)55-27-31)12-9-13-39(43)44(58)49(50,62-50)26-37(28-57)30(2)14-16-32-20-21-54-46-38(32)17-19-42(52-5)56-46/h8-9,11-13,15,18,20-21,27,33-34,36,40,42,52-53,57H,6-7,10,14,16-17,19,22-26,28-29H2,1-5H3,(H2,51,55)(H,54,56). The molecule has 2 aromatic heterocycles.